The van der Waals surface area contributed by atoms with Gasteiger partial charge in [-0.05, 0) is 36.5 Å². The monoisotopic (exact) mass is 285 g/mol. The van der Waals surface area contributed by atoms with Gasteiger partial charge in [0, 0.05) is 37.3 Å². The van der Waals surface area contributed by atoms with Crippen LogP contribution in [0.1, 0.15) is 39.5 Å². The molecule has 1 saturated heterocycles. The molecule has 21 heavy (non-hydrogen) atoms. The Morgan fingerprint density at radius 3 is 2.90 bits per heavy atom. The fourth-order valence-corrected chi connectivity index (χ4v) is 2.53. The summed E-state index contributed by atoms with van der Waals surface area (Å²) < 4.78 is 0. The number of nitrogens with one attached hydrogen (secondary N) is 1. The molecule has 0 aliphatic carbocycles. The van der Waals surface area contributed by atoms with E-state index in [2.05, 4.69) is 25.2 Å². The van der Waals surface area contributed by atoms with Crippen molar-refractivity contribution in [3.05, 3.63) is 24.3 Å². The van der Waals surface area contributed by atoms with Crippen LogP contribution in [-0.2, 0) is 4.79 Å². The molecule has 0 aromatic heterocycles. The molecule has 0 spiro atoms. The van der Waals surface area contributed by atoms with Crippen LogP contribution in [0.2, 0.25) is 0 Å². The summed E-state index contributed by atoms with van der Waals surface area (Å²) in [5.41, 5.74) is 2.07. The minimum atomic E-state index is 0.0786. The second-order valence-corrected chi connectivity index (χ2v) is 6.38. The van der Waals surface area contributed by atoms with Crippen molar-refractivity contribution in [2.45, 2.75) is 39.5 Å². The highest BCUT2D eigenvalue weighted by Gasteiger charge is 2.22. The van der Waals surface area contributed by atoms with Crippen molar-refractivity contribution in [3.63, 3.8) is 0 Å². The standard InChI is InChI=1S/C17H23N3O/c1-17(2,9-5-10-18)13-19-14-6-3-7-15(12-14)20-11-4-8-16(20)21/h3,6-7,12,19H,4-5,8-9,11,13H2,1-2H3. The first kappa shape index (κ1) is 15.4. The molecule has 0 saturated carbocycles. The van der Waals surface area contributed by atoms with Crippen LogP contribution in [-0.4, -0.2) is 19.0 Å². The third kappa shape index (κ3) is 4.22. The molecule has 1 heterocycles. The van der Waals surface area contributed by atoms with E-state index in [1.54, 1.807) is 0 Å². The first-order chi connectivity index (χ1) is 10.0. The lowest BCUT2D eigenvalue weighted by Gasteiger charge is -2.25. The van der Waals surface area contributed by atoms with Crippen LogP contribution in [0.3, 0.4) is 0 Å². The Bertz CT molecular complexity index is 545. The number of carbonyl (C=O) groups excluding carboxylic acids is 1. The number of hydrogen-bond acceptors (Lipinski definition) is 3. The Hall–Kier alpha value is -2.02. The van der Waals surface area contributed by atoms with Crippen molar-refractivity contribution in [1.29, 1.82) is 5.26 Å². The molecule has 1 amide bonds. The van der Waals surface area contributed by atoms with Crippen LogP contribution < -0.4 is 10.2 Å². The van der Waals surface area contributed by atoms with Crippen molar-refractivity contribution in [1.82, 2.24) is 0 Å². The summed E-state index contributed by atoms with van der Waals surface area (Å²) in [5, 5.41) is 12.1. The van der Waals surface area contributed by atoms with Crippen molar-refractivity contribution in [2.75, 3.05) is 23.3 Å². The molecule has 1 aromatic rings. The lowest BCUT2D eigenvalue weighted by atomic mass is 9.88. The van der Waals surface area contributed by atoms with E-state index in [1.807, 2.05) is 29.2 Å². The van der Waals surface area contributed by atoms with Crippen LogP contribution in [0, 0.1) is 16.7 Å². The smallest absolute Gasteiger partial charge is 0.227 e. The SMILES string of the molecule is CC(C)(CCC#N)CNc1cccc(N2CCCC2=O)c1. The fraction of sp³-hybridized carbons (Fsp3) is 0.529. The molecule has 0 atom stereocenters. The summed E-state index contributed by atoms with van der Waals surface area (Å²) in [7, 11) is 0. The maximum atomic E-state index is 11.8. The lowest BCUT2D eigenvalue weighted by molar-refractivity contribution is -0.117. The van der Waals surface area contributed by atoms with E-state index in [1.165, 1.54) is 0 Å². The second-order valence-electron chi connectivity index (χ2n) is 6.38. The van der Waals surface area contributed by atoms with Crippen molar-refractivity contribution >= 4 is 17.3 Å². The predicted octanol–water partition coefficient (Wildman–Crippen LogP) is 3.56. The first-order valence-corrected chi connectivity index (χ1v) is 7.53. The number of rotatable bonds is 6. The normalized spacial score (nSPS) is 15.1. The van der Waals surface area contributed by atoms with Crippen molar-refractivity contribution in [2.24, 2.45) is 5.41 Å². The minimum Gasteiger partial charge on any atom is -0.384 e. The minimum absolute atomic E-state index is 0.0786. The van der Waals surface area contributed by atoms with Gasteiger partial charge in [-0.25, -0.2) is 0 Å². The molecule has 2 rings (SSSR count). The largest absolute Gasteiger partial charge is 0.384 e. The molecule has 1 aliphatic heterocycles. The van der Waals surface area contributed by atoms with E-state index in [0.29, 0.717) is 12.8 Å². The number of nitriles is 1. The number of anilines is 2. The van der Waals surface area contributed by atoms with Crippen LogP contribution in [0.25, 0.3) is 0 Å². The van der Waals surface area contributed by atoms with E-state index >= 15 is 0 Å². The molecule has 1 aromatic carbocycles. The molecule has 0 unspecified atom stereocenters. The van der Waals surface area contributed by atoms with Gasteiger partial charge < -0.3 is 10.2 Å². The first-order valence-electron chi connectivity index (χ1n) is 7.53. The molecule has 1 fully saturated rings. The van der Waals surface area contributed by atoms with Gasteiger partial charge in [-0.1, -0.05) is 19.9 Å². The molecular formula is C17H23N3O. The molecule has 4 heteroatoms. The number of amides is 1. The topological polar surface area (TPSA) is 56.1 Å². The zero-order valence-electron chi connectivity index (χ0n) is 12.9. The van der Waals surface area contributed by atoms with Gasteiger partial charge in [-0.2, -0.15) is 5.26 Å². The average molecular weight is 285 g/mol. The summed E-state index contributed by atoms with van der Waals surface area (Å²) in [6.07, 6.45) is 3.05. The molecule has 0 radical (unpaired) electrons. The molecule has 0 bridgehead atoms. The Morgan fingerprint density at radius 2 is 2.24 bits per heavy atom. The highest BCUT2D eigenvalue weighted by Crippen LogP contribution is 2.26. The van der Waals surface area contributed by atoms with Gasteiger partial charge in [0.15, 0.2) is 0 Å². The maximum absolute atomic E-state index is 11.8. The van der Waals surface area contributed by atoms with E-state index in [0.717, 1.165) is 37.3 Å². The highest BCUT2D eigenvalue weighted by molar-refractivity contribution is 5.95. The van der Waals surface area contributed by atoms with Gasteiger partial charge in [0.1, 0.15) is 0 Å². The number of hydrogen-bond donors (Lipinski definition) is 1. The van der Waals surface area contributed by atoms with Crippen LogP contribution in [0.5, 0.6) is 0 Å². The Balaban J connectivity index is 1.98. The summed E-state index contributed by atoms with van der Waals surface area (Å²) in [4.78, 5) is 13.6. The summed E-state index contributed by atoms with van der Waals surface area (Å²) in [6, 6.07) is 10.2. The Kier molecular flexibility index (Phi) is 4.85. The van der Waals surface area contributed by atoms with Crippen molar-refractivity contribution < 1.29 is 4.79 Å². The van der Waals surface area contributed by atoms with Gasteiger partial charge in [0.2, 0.25) is 5.91 Å². The van der Waals surface area contributed by atoms with Crippen molar-refractivity contribution in [3.8, 4) is 6.07 Å². The molecule has 1 N–H and O–H groups in total. The molecule has 112 valence electrons. The van der Waals surface area contributed by atoms with Gasteiger partial charge in [-0.15, -0.1) is 0 Å². The van der Waals surface area contributed by atoms with Crippen LogP contribution in [0.15, 0.2) is 24.3 Å². The highest BCUT2D eigenvalue weighted by atomic mass is 16.2. The molecule has 4 nitrogen and oxygen atoms in total. The predicted molar refractivity (Wildman–Crippen MR) is 85.1 cm³/mol. The quantitative estimate of drug-likeness (QED) is 0.869. The average Bonchev–Trinajstić information content (AvgIpc) is 2.90. The lowest BCUT2D eigenvalue weighted by Crippen LogP contribution is -2.24. The zero-order chi connectivity index (χ0) is 15.3. The number of carbonyl (C=O) groups is 1. The van der Waals surface area contributed by atoms with Crippen LogP contribution >= 0.6 is 0 Å². The third-order valence-electron chi connectivity index (χ3n) is 3.92. The van der Waals surface area contributed by atoms with E-state index in [-0.39, 0.29) is 11.3 Å². The van der Waals surface area contributed by atoms with Gasteiger partial charge in [0.25, 0.3) is 0 Å². The zero-order valence-corrected chi connectivity index (χ0v) is 12.9. The summed E-state index contributed by atoms with van der Waals surface area (Å²) in [5.74, 6) is 0.210. The van der Waals surface area contributed by atoms with Gasteiger partial charge in [0.05, 0.1) is 6.07 Å². The van der Waals surface area contributed by atoms with Crippen LogP contribution in [0.4, 0.5) is 11.4 Å². The second kappa shape index (κ2) is 6.62. The van der Waals surface area contributed by atoms with E-state index < -0.39 is 0 Å². The fourth-order valence-electron chi connectivity index (χ4n) is 2.53. The summed E-state index contributed by atoms with van der Waals surface area (Å²) >= 11 is 0. The van der Waals surface area contributed by atoms with Gasteiger partial charge >= 0.3 is 0 Å². The molecular weight excluding hydrogens is 262 g/mol. The number of benzene rings is 1. The van der Waals surface area contributed by atoms with E-state index in [4.69, 9.17) is 5.26 Å². The third-order valence-corrected chi connectivity index (χ3v) is 3.92. The number of nitrogens with zero attached hydrogens (tertiary/aromatic N) is 2. The van der Waals surface area contributed by atoms with E-state index in [9.17, 15) is 4.79 Å². The summed E-state index contributed by atoms with van der Waals surface area (Å²) in [6.45, 7) is 5.94. The Labute approximate surface area is 126 Å². The Morgan fingerprint density at radius 1 is 1.43 bits per heavy atom. The maximum Gasteiger partial charge on any atom is 0.227 e. The van der Waals surface area contributed by atoms with Gasteiger partial charge in [-0.3, -0.25) is 4.79 Å². The molecule has 1 aliphatic rings.